The van der Waals surface area contributed by atoms with Gasteiger partial charge in [-0.05, 0) is 50.8 Å². The van der Waals surface area contributed by atoms with Crippen molar-refractivity contribution in [2.24, 2.45) is 5.73 Å². The van der Waals surface area contributed by atoms with E-state index >= 15 is 0 Å². The third kappa shape index (κ3) is 6.95. The van der Waals surface area contributed by atoms with Gasteiger partial charge >= 0.3 is 0 Å². The summed E-state index contributed by atoms with van der Waals surface area (Å²) in [5.74, 6) is 0.252. The average molecular weight is 290 g/mol. The molecule has 0 bridgehead atoms. The summed E-state index contributed by atoms with van der Waals surface area (Å²) < 4.78 is 0. The molecule has 4 heteroatoms. The van der Waals surface area contributed by atoms with E-state index < -0.39 is 0 Å². The van der Waals surface area contributed by atoms with E-state index in [9.17, 15) is 9.90 Å². The Morgan fingerprint density at radius 3 is 2.48 bits per heavy atom. The van der Waals surface area contributed by atoms with Gasteiger partial charge in [0.2, 0.25) is 5.91 Å². The Morgan fingerprint density at radius 2 is 1.95 bits per heavy atom. The van der Waals surface area contributed by atoms with Crippen LogP contribution in [0.5, 0.6) is 5.75 Å². The number of phenols is 1. The monoisotopic (exact) mass is 290 g/mol. The first-order chi connectivity index (χ1) is 9.88. The summed E-state index contributed by atoms with van der Waals surface area (Å²) >= 11 is 0. The fraction of sp³-hybridized carbons (Fsp3) is 0.471. The second-order valence-electron chi connectivity index (χ2n) is 5.69. The van der Waals surface area contributed by atoms with Crippen LogP contribution in [0.25, 0.3) is 0 Å². The summed E-state index contributed by atoms with van der Waals surface area (Å²) in [6, 6.07) is 7.03. The summed E-state index contributed by atoms with van der Waals surface area (Å²) in [4.78, 5) is 12.0. The zero-order valence-electron chi connectivity index (χ0n) is 12.9. The topological polar surface area (TPSA) is 75.3 Å². The molecule has 0 saturated heterocycles. The Kier molecular flexibility index (Phi) is 6.96. The molecule has 1 aromatic carbocycles. The zero-order valence-corrected chi connectivity index (χ0v) is 12.9. The molecular formula is C17H26N2O2. The molecule has 0 radical (unpaired) electrons. The van der Waals surface area contributed by atoms with Gasteiger partial charge in [0.05, 0.1) is 0 Å². The highest BCUT2D eigenvalue weighted by molar-refractivity contribution is 5.76. The molecule has 0 fully saturated rings. The highest BCUT2D eigenvalue weighted by Gasteiger charge is 2.13. The maximum Gasteiger partial charge on any atom is 0.220 e. The van der Waals surface area contributed by atoms with Gasteiger partial charge in [-0.2, -0.15) is 0 Å². The standard InChI is InChI=1S/C17H26N2O2/c1-12(2)16(10-4-13(3)18)19-17(21)11-7-14-5-8-15(20)9-6-14/h5-6,8-9,13,16,20H,1,4,7,10-11,18H2,2-3H3,(H,19,21). The van der Waals surface area contributed by atoms with E-state index in [4.69, 9.17) is 5.73 Å². The van der Waals surface area contributed by atoms with Crippen molar-refractivity contribution in [3.05, 3.63) is 42.0 Å². The molecule has 4 nitrogen and oxygen atoms in total. The summed E-state index contributed by atoms with van der Waals surface area (Å²) in [6.45, 7) is 7.81. The Balaban J connectivity index is 2.42. The van der Waals surface area contributed by atoms with Crippen molar-refractivity contribution >= 4 is 5.91 Å². The lowest BCUT2D eigenvalue weighted by molar-refractivity contribution is -0.121. The highest BCUT2D eigenvalue weighted by Crippen LogP contribution is 2.12. The predicted molar refractivity (Wildman–Crippen MR) is 86.1 cm³/mol. The molecule has 0 aliphatic rings. The van der Waals surface area contributed by atoms with E-state index in [-0.39, 0.29) is 23.7 Å². The summed E-state index contributed by atoms with van der Waals surface area (Å²) in [5, 5.41) is 12.2. The molecule has 1 amide bonds. The summed E-state index contributed by atoms with van der Waals surface area (Å²) in [7, 11) is 0. The first-order valence-electron chi connectivity index (χ1n) is 7.36. The van der Waals surface area contributed by atoms with Crippen LogP contribution >= 0.6 is 0 Å². The summed E-state index contributed by atoms with van der Waals surface area (Å²) in [6.07, 6.45) is 2.75. The van der Waals surface area contributed by atoms with E-state index in [1.807, 2.05) is 26.0 Å². The third-order valence-corrected chi connectivity index (χ3v) is 3.42. The minimum Gasteiger partial charge on any atom is -0.508 e. The molecule has 0 aromatic heterocycles. The lowest BCUT2D eigenvalue weighted by Gasteiger charge is -2.20. The van der Waals surface area contributed by atoms with Gasteiger partial charge in [0, 0.05) is 18.5 Å². The van der Waals surface area contributed by atoms with Crippen LogP contribution in [-0.2, 0) is 11.2 Å². The normalized spacial score (nSPS) is 13.5. The Bertz CT molecular complexity index is 466. The molecule has 21 heavy (non-hydrogen) atoms. The molecular weight excluding hydrogens is 264 g/mol. The average Bonchev–Trinajstić information content (AvgIpc) is 2.42. The van der Waals surface area contributed by atoms with Crippen molar-refractivity contribution in [2.45, 2.75) is 51.6 Å². The smallest absolute Gasteiger partial charge is 0.220 e. The second-order valence-corrected chi connectivity index (χ2v) is 5.69. The van der Waals surface area contributed by atoms with Crippen molar-refractivity contribution in [2.75, 3.05) is 0 Å². The lowest BCUT2D eigenvalue weighted by atomic mass is 10.0. The maximum atomic E-state index is 12.0. The number of hydrogen-bond donors (Lipinski definition) is 3. The van der Waals surface area contributed by atoms with Gasteiger partial charge in [0.25, 0.3) is 0 Å². The highest BCUT2D eigenvalue weighted by atomic mass is 16.3. The molecule has 2 unspecified atom stereocenters. The first kappa shape index (κ1) is 17.2. The molecule has 0 aliphatic heterocycles. The number of aromatic hydroxyl groups is 1. The minimum absolute atomic E-state index is 0.0108. The molecule has 4 N–H and O–H groups in total. The predicted octanol–water partition coefficient (Wildman–Crippen LogP) is 2.51. The summed E-state index contributed by atoms with van der Waals surface area (Å²) in [5.41, 5.74) is 7.74. The van der Waals surface area contributed by atoms with Crippen LogP contribution < -0.4 is 11.1 Å². The van der Waals surface area contributed by atoms with Crippen molar-refractivity contribution in [3.63, 3.8) is 0 Å². The lowest BCUT2D eigenvalue weighted by Crippen LogP contribution is -2.36. The van der Waals surface area contributed by atoms with Gasteiger partial charge in [-0.3, -0.25) is 4.79 Å². The van der Waals surface area contributed by atoms with Gasteiger partial charge < -0.3 is 16.2 Å². The molecule has 0 heterocycles. The fourth-order valence-electron chi connectivity index (χ4n) is 2.06. The number of amides is 1. The molecule has 1 rings (SSSR count). The van der Waals surface area contributed by atoms with Crippen LogP contribution in [0.3, 0.4) is 0 Å². The molecule has 116 valence electrons. The Hall–Kier alpha value is -1.81. The number of benzene rings is 1. The zero-order chi connectivity index (χ0) is 15.8. The van der Waals surface area contributed by atoms with Crippen LogP contribution in [0, 0.1) is 0 Å². The maximum absolute atomic E-state index is 12.0. The Labute approximate surface area is 127 Å². The number of nitrogens with one attached hydrogen (secondary N) is 1. The van der Waals surface area contributed by atoms with Crippen molar-refractivity contribution in [1.82, 2.24) is 5.32 Å². The fourth-order valence-corrected chi connectivity index (χ4v) is 2.06. The van der Waals surface area contributed by atoms with Crippen molar-refractivity contribution < 1.29 is 9.90 Å². The van der Waals surface area contributed by atoms with Gasteiger partial charge in [-0.25, -0.2) is 0 Å². The van der Waals surface area contributed by atoms with E-state index in [1.165, 1.54) is 0 Å². The Morgan fingerprint density at radius 1 is 1.33 bits per heavy atom. The molecule has 0 spiro atoms. The van der Waals surface area contributed by atoms with E-state index in [0.717, 1.165) is 24.0 Å². The number of nitrogens with two attached hydrogens (primary N) is 1. The quantitative estimate of drug-likeness (QED) is 0.644. The van der Waals surface area contributed by atoms with E-state index in [0.29, 0.717) is 12.8 Å². The van der Waals surface area contributed by atoms with Gasteiger partial charge in [0.1, 0.15) is 5.75 Å². The largest absolute Gasteiger partial charge is 0.508 e. The van der Waals surface area contributed by atoms with E-state index in [1.54, 1.807) is 12.1 Å². The van der Waals surface area contributed by atoms with Crippen molar-refractivity contribution in [1.29, 1.82) is 0 Å². The molecule has 0 saturated carbocycles. The van der Waals surface area contributed by atoms with Crippen LogP contribution in [0.2, 0.25) is 0 Å². The van der Waals surface area contributed by atoms with Gasteiger partial charge in [-0.15, -0.1) is 0 Å². The van der Waals surface area contributed by atoms with Gasteiger partial charge in [0.15, 0.2) is 0 Å². The SMILES string of the molecule is C=C(C)C(CCC(C)N)NC(=O)CCc1ccc(O)cc1. The molecule has 1 aromatic rings. The minimum atomic E-state index is -0.0108. The number of carbonyl (C=O) groups is 1. The van der Waals surface area contributed by atoms with Gasteiger partial charge in [-0.1, -0.05) is 24.3 Å². The number of carbonyl (C=O) groups excluding carboxylic acids is 1. The van der Waals surface area contributed by atoms with Crippen LogP contribution in [0.1, 0.15) is 38.7 Å². The number of phenolic OH excluding ortho intramolecular Hbond substituents is 1. The van der Waals surface area contributed by atoms with Crippen LogP contribution in [0.4, 0.5) is 0 Å². The number of aryl methyl sites for hydroxylation is 1. The van der Waals surface area contributed by atoms with Crippen molar-refractivity contribution in [3.8, 4) is 5.75 Å². The van der Waals surface area contributed by atoms with Crippen LogP contribution in [0.15, 0.2) is 36.4 Å². The first-order valence-corrected chi connectivity index (χ1v) is 7.36. The second kappa shape index (κ2) is 8.47. The third-order valence-electron chi connectivity index (χ3n) is 3.42. The number of rotatable bonds is 8. The van der Waals surface area contributed by atoms with E-state index in [2.05, 4.69) is 11.9 Å². The number of hydrogen-bond acceptors (Lipinski definition) is 3. The molecule has 2 atom stereocenters. The molecule has 0 aliphatic carbocycles. The van der Waals surface area contributed by atoms with Crippen LogP contribution in [-0.4, -0.2) is 23.1 Å².